The molecule has 5 rings (SSSR count). The van der Waals surface area contributed by atoms with Gasteiger partial charge in [-0.3, -0.25) is 43.1 Å². The molecule has 0 spiro atoms. The summed E-state index contributed by atoms with van der Waals surface area (Å²) >= 11 is 0. The number of ether oxygens (including phenoxy) is 2. The van der Waals surface area contributed by atoms with Gasteiger partial charge in [0.05, 0.1) is 55.1 Å². The molecule has 1 saturated heterocycles. The Morgan fingerprint density at radius 3 is 2.30 bits per heavy atom. The number of carbonyl (C=O) groups excluding carboxylic acids is 6. The lowest BCUT2D eigenvalue weighted by Crippen LogP contribution is -2.56. The van der Waals surface area contributed by atoms with Gasteiger partial charge in [0.15, 0.2) is 0 Å². The molecule has 21 nitrogen and oxygen atoms in total. The Hall–Kier alpha value is -6.13. The summed E-state index contributed by atoms with van der Waals surface area (Å²) in [6.07, 6.45) is 5.81. The first-order valence-electron chi connectivity index (χ1n) is 23.8. The minimum absolute atomic E-state index is 0.0218. The topological polar surface area (TPSA) is 257 Å². The lowest BCUT2D eigenvalue weighted by atomic mass is 9.89. The second kappa shape index (κ2) is 25.1. The fourth-order valence-electron chi connectivity index (χ4n) is 9.02. The monoisotopic (exact) mass is 991 g/mol. The number of sulfonamides is 1. The van der Waals surface area contributed by atoms with Crippen LogP contribution in [0.1, 0.15) is 83.7 Å². The van der Waals surface area contributed by atoms with Crippen molar-refractivity contribution >= 4 is 51.4 Å². The molecule has 382 valence electrons. The predicted octanol–water partition coefficient (Wildman–Crippen LogP) is 2.42. The Bertz CT molecular complexity index is 2420. The molecular weight excluding hydrogens is 923 g/mol. The van der Waals surface area contributed by atoms with Crippen LogP contribution in [0.4, 0.5) is 5.95 Å². The molecule has 2 aliphatic rings. The molecule has 4 heterocycles. The van der Waals surface area contributed by atoms with Gasteiger partial charge in [0.1, 0.15) is 17.8 Å². The maximum absolute atomic E-state index is 14.4. The number of likely N-dealkylation sites (tertiary alicyclic amines) is 1. The number of methoxy groups -OCH3 is 2. The van der Waals surface area contributed by atoms with E-state index in [1.807, 2.05) is 34.6 Å². The molecule has 0 radical (unpaired) electrons. The summed E-state index contributed by atoms with van der Waals surface area (Å²) in [6, 6.07) is 7.65. The summed E-state index contributed by atoms with van der Waals surface area (Å²) in [5.41, 5.74) is 1.76. The highest BCUT2D eigenvalue weighted by Crippen LogP contribution is 2.30. The Morgan fingerprint density at radius 2 is 1.67 bits per heavy atom. The zero-order chi connectivity index (χ0) is 51.3. The summed E-state index contributed by atoms with van der Waals surface area (Å²) in [4.78, 5) is 93.6. The molecule has 0 saturated carbocycles. The zero-order valence-corrected chi connectivity index (χ0v) is 42.4. The summed E-state index contributed by atoms with van der Waals surface area (Å²) < 4.78 is 42.1. The van der Waals surface area contributed by atoms with Crippen molar-refractivity contribution in [3.63, 3.8) is 0 Å². The van der Waals surface area contributed by atoms with E-state index in [2.05, 4.69) is 35.6 Å². The van der Waals surface area contributed by atoms with Crippen LogP contribution in [0.25, 0.3) is 0 Å². The van der Waals surface area contributed by atoms with Crippen molar-refractivity contribution in [1.82, 2.24) is 49.7 Å². The highest BCUT2D eigenvalue weighted by molar-refractivity contribution is 7.90. The zero-order valence-electron chi connectivity index (χ0n) is 41.6. The van der Waals surface area contributed by atoms with Gasteiger partial charge in [0.25, 0.3) is 17.7 Å². The standard InChI is InChI=1S/C48H69N11O10S/c1-10-31(4)43(56(7)47(65)42(30(2)3)52-48-49-22-21-32(5)50-48)38(68-8)27-41(62)58-24-14-18-37(58)44(69-9)33(6)45(63)51-36(26-34-16-12-11-13-17-34)46(64)54-70(66,67)25-15-23-57-28-35(53-55-57)29-59-39(60)19-20-40(59)61/h11-13,16-17,19-22,28,30-31,33,36-38,42-44H,10,14-15,18,23-27,29H2,1-9H3,(H,51,63)(H,54,64)(H,49,50,52)/t31-,33+,36-,37-,38-,42-,43-,44+/m0/s1. The van der Waals surface area contributed by atoms with Crippen LogP contribution in [-0.2, 0) is 67.8 Å². The molecule has 1 aromatic carbocycles. The van der Waals surface area contributed by atoms with Gasteiger partial charge < -0.3 is 29.9 Å². The number of nitrogens with zero attached hydrogens (tertiary/aromatic N) is 8. The Kier molecular flexibility index (Phi) is 19.7. The molecule has 1 fully saturated rings. The average Bonchev–Trinajstić information content (AvgIpc) is 4.08. The highest BCUT2D eigenvalue weighted by atomic mass is 32.2. The van der Waals surface area contributed by atoms with E-state index in [-0.39, 0.29) is 56.0 Å². The molecule has 22 heteroatoms. The van der Waals surface area contributed by atoms with Crippen molar-refractivity contribution in [2.45, 2.75) is 130 Å². The summed E-state index contributed by atoms with van der Waals surface area (Å²) in [6.45, 7) is 11.8. The van der Waals surface area contributed by atoms with Crippen LogP contribution < -0.4 is 15.4 Å². The van der Waals surface area contributed by atoms with Gasteiger partial charge >= 0.3 is 0 Å². The van der Waals surface area contributed by atoms with Gasteiger partial charge in [-0.1, -0.05) is 76.6 Å². The number of hydrogen-bond donors (Lipinski definition) is 3. The van der Waals surface area contributed by atoms with Gasteiger partial charge in [-0.25, -0.2) is 18.4 Å². The fraction of sp³-hybridized carbons (Fsp3) is 0.583. The highest BCUT2D eigenvalue weighted by Gasteiger charge is 2.43. The number of benzene rings is 1. The molecule has 70 heavy (non-hydrogen) atoms. The first-order valence-corrected chi connectivity index (χ1v) is 25.4. The van der Waals surface area contributed by atoms with Gasteiger partial charge in [0, 0.05) is 64.8 Å². The quantitative estimate of drug-likeness (QED) is 0.0977. The van der Waals surface area contributed by atoms with Crippen molar-refractivity contribution in [3.05, 3.63) is 77.9 Å². The van der Waals surface area contributed by atoms with Gasteiger partial charge in [-0.15, -0.1) is 5.10 Å². The normalized spacial score (nSPS) is 18.0. The van der Waals surface area contributed by atoms with Gasteiger partial charge in [-0.2, -0.15) is 0 Å². The molecule has 0 bridgehead atoms. The largest absolute Gasteiger partial charge is 0.379 e. The van der Waals surface area contributed by atoms with Crippen LogP contribution in [-0.4, -0.2) is 153 Å². The molecule has 3 aromatic rings. The van der Waals surface area contributed by atoms with Crippen molar-refractivity contribution in [3.8, 4) is 0 Å². The fourth-order valence-corrected chi connectivity index (χ4v) is 10.1. The van der Waals surface area contributed by atoms with E-state index in [9.17, 15) is 37.2 Å². The molecule has 2 aliphatic heterocycles. The number of rotatable bonds is 26. The van der Waals surface area contributed by atoms with Crippen molar-refractivity contribution in [1.29, 1.82) is 0 Å². The third kappa shape index (κ3) is 14.5. The number of amides is 6. The minimum atomic E-state index is -4.21. The predicted molar refractivity (Wildman–Crippen MR) is 258 cm³/mol. The third-order valence-electron chi connectivity index (χ3n) is 13.0. The number of likely N-dealkylation sites (N-methyl/N-ethyl adjacent to an activating group) is 1. The van der Waals surface area contributed by atoms with Crippen LogP contribution >= 0.6 is 0 Å². The Labute approximate surface area is 410 Å². The summed E-state index contributed by atoms with van der Waals surface area (Å²) in [7, 11) is 0.513. The number of hydrogen-bond acceptors (Lipinski definition) is 15. The van der Waals surface area contributed by atoms with Crippen LogP contribution in [0, 0.1) is 24.7 Å². The van der Waals surface area contributed by atoms with E-state index in [0.29, 0.717) is 43.0 Å². The van der Waals surface area contributed by atoms with Crippen LogP contribution in [0.2, 0.25) is 0 Å². The number of aryl methyl sites for hydroxylation is 2. The van der Waals surface area contributed by atoms with Crippen molar-refractivity contribution in [2.24, 2.45) is 17.8 Å². The van der Waals surface area contributed by atoms with E-state index in [1.54, 1.807) is 66.4 Å². The van der Waals surface area contributed by atoms with Crippen LogP contribution in [0.5, 0.6) is 0 Å². The third-order valence-corrected chi connectivity index (χ3v) is 14.4. The average molecular weight is 992 g/mol. The number of anilines is 1. The van der Waals surface area contributed by atoms with E-state index >= 15 is 0 Å². The molecular formula is C48H69N11O10S. The van der Waals surface area contributed by atoms with Crippen LogP contribution in [0.3, 0.4) is 0 Å². The molecule has 0 aliphatic carbocycles. The number of imide groups is 1. The molecule has 2 aromatic heterocycles. The lowest BCUT2D eigenvalue weighted by Gasteiger charge is -2.40. The Balaban J connectivity index is 1.24. The molecule has 3 N–H and O–H groups in total. The number of nitrogens with one attached hydrogen (secondary N) is 3. The van der Waals surface area contributed by atoms with E-state index in [0.717, 1.165) is 22.7 Å². The number of aromatic nitrogens is 5. The van der Waals surface area contributed by atoms with Crippen LogP contribution in [0.15, 0.2) is 60.9 Å². The first kappa shape index (κ1) is 54.8. The van der Waals surface area contributed by atoms with Gasteiger partial charge in [0.2, 0.25) is 33.7 Å². The molecule has 6 amide bonds. The molecule has 8 atom stereocenters. The van der Waals surface area contributed by atoms with Gasteiger partial charge in [-0.05, 0) is 49.7 Å². The molecule has 0 unspecified atom stereocenters. The maximum Gasteiger partial charge on any atom is 0.256 e. The van der Waals surface area contributed by atoms with E-state index < -0.39 is 81.7 Å². The second-order valence-corrected chi connectivity index (χ2v) is 20.3. The number of carbonyl (C=O) groups is 6. The lowest BCUT2D eigenvalue weighted by molar-refractivity contribution is -0.146. The first-order chi connectivity index (χ1) is 33.3. The summed E-state index contributed by atoms with van der Waals surface area (Å²) in [5, 5.41) is 13.9. The van der Waals surface area contributed by atoms with Crippen molar-refractivity contribution in [2.75, 3.05) is 38.9 Å². The minimum Gasteiger partial charge on any atom is -0.379 e. The summed E-state index contributed by atoms with van der Waals surface area (Å²) in [5.74, 6) is -4.08. The van der Waals surface area contributed by atoms with E-state index in [4.69, 9.17) is 9.47 Å². The van der Waals surface area contributed by atoms with Crippen molar-refractivity contribution < 1.29 is 46.7 Å². The Morgan fingerprint density at radius 1 is 0.971 bits per heavy atom. The second-order valence-electron chi connectivity index (χ2n) is 18.4. The smallest absolute Gasteiger partial charge is 0.256 e. The SMILES string of the molecule is CC[C@H](C)[C@@H]([C@H](CC(=O)N1CCC[C@H]1[C@H](OC)[C@@H](C)C(=O)N[C@@H](Cc1ccccc1)C(=O)NS(=O)(=O)CCCn1cc(CN2C(=O)C=CC2=O)nn1)OC)N(C)C(=O)[C@@H](Nc1nccc(C)n1)C(C)C. The van der Waals surface area contributed by atoms with E-state index in [1.165, 1.54) is 25.1 Å². The maximum atomic E-state index is 14.4.